The molecule has 0 aliphatic heterocycles. The van der Waals surface area contributed by atoms with Crippen LogP contribution in [0.5, 0.6) is 0 Å². The van der Waals surface area contributed by atoms with Gasteiger partial charge in [0.1, 0.15) is 5.58 Å². The predicted molar refractivity (Wildman–Crippen MR) is 226 cm³/mol. The van der Waals surface area contributed by atoms with Crippen LogP contribution in [0.25, 0.3) is 110 Å². The van der Waals surface area contributed by atoms with Gasteiger partial charge in [-0.15, -0.1) is 0 Å². The summed E-state index contributed by atoms with van der Waals surface area (Å²) in [5.41, 5.74) is 12.2. The van der Waals surface area contributed by atoms with Crippen LogP contribution in [0, 0.1) is 0 Å². The Kier molecular flexibility index (Phi) is 6.27. The monoisotopic (exact) mass is 702 g/mol. The molecule has 0 atom stereocenters. The number of hydrogen-bond acceptors (Lipinski definition) is 3. The molecule has 0 amide bonds. The molecule has 55 heavy (non-hydrogen) atoms. The number of aromatic nitrogens is 4. The molecular formula is C50H30N4O. The Morgan fingerprint density at radius 2 is 0.945 bits per heavy atom. The van der Waals surface area contributed by atoms with Crippen molar-refractivity contribution in [1.29, 1.82) is 0 Å². The van der Waals surface area contributed by atoms with Crippen LogP contribution in [0.15, 0.2) is 186 Å². The molecule has 8 aromatic carbocycles. The van der Waals surface area contributed by atoms with Crippen molar-refractivity contribution in [3.63, 3.8) is 0 Å². The molecule has 4 heterocycles. The topological polar surface area (TPSA) is 48.8 Å². The lowest BCUT2D eigenvalue weighted by Gasteiger charge is -2.13. The molecule has 12 rings (SSSR count). The molecule has 4 aromatic heterocycles. The van der Waals surface area contributed by atoms with Crippen molar-refractivity contribution >= 4 is 76.5 Å². The third-order valence-corrected chi connectivity index (χ3v) is 11.1. The molecule has 12 aromatic rings. The average molecular weight is 703 g/mol. The lowest BCUT2D eigenvalue weighted by molar-refractivity contribution is 0.671. The van der Waals surface area contributed by atoms with E-state index in [9.17, 15) is 0 Å². The molecule has 256 valence electrons. The van der Waals surface area contributed by atoms with Crippen molar-refractivity contribution in [2.24, 2.45) is 0 Å². The Bertz CT molecular complexity index is 3470. The van der Waals surface area contributed by atoms with Gasteiger partial charge < -0.3 is 13.6 Å². The van der Waals surface area contributed by atoms with E-state index in [1.165, 1.54) is 21.7 Å². The summed E-state index contributed by atoms with van der Waals surface area (Å²) in [6.45, 7) is 0. The first-order chi connectivity index (χ1) is 27.3. The maximum absolute atomic E-state index is 6.78. The molecule has 0 bridgehead atoms. The molecule has 0 aliphatic rings. The van der Waals surface area contributed by atoms with Gasteiger partial charge in [0.05, 0.1) is 33.3 Å². The Labute approximate surface area is 315 Å². The number of hydrogen-bond donors (Lipinski definition) is 0. The van der Waals surface area contributed by atoms with E-state index in [2.05, 4.69) is 167 Å². The fraction of sp³-hybridized carbons (Fsp3) is 0. The van der Waals surface area contributed by atoms with Crippen LogP contribution in [0.1, 0.15) is 0 Å². The van der Waals surface area contributed by atoms with Crippen molar-refractivity contribution in [3.8, 4) is 34.0 Å². The van der Waals surface area contributed by atoms with Gasteiger partial charge in [0, 0.05) is 60.2 Å². The first-order valence-corrected chi connectivity index (χ1v) is 18.6. The van der Waals surface area contributed by atoms with E-state index < -0.39 is 0 Å². The summed E-state index contributed by atoms with van der Waals surface area (Å²) in [5.74, 6) is 0.692. The van der Waals surface area contributed by atoms with Crippen molar-refractivity contribution in [2.45, 2.75) is 0 Å². The largest absolute Gasteiger partial charge is 0.454 e. The van der Waals surface area contributed by atoms with E-state index in [4.69, 9.17) is 14.4 Å². The van der Waals surface area contributed by atoms with Gasteiger partial charge in [-0.1, -0.05) is 121 Å². The minimum Gasteiger partial charge on any atom is -0.454 e. The quantitative estimate of drug-likeness (QED) is 0.183. The van der Waals surface area contributed by atoms with E-state index in [0.717, 1.165) is 83.0 Å². The standard InChI is InChI=1S/C50H30N4O/c1-3-13-31(14-4-1)45-41-19-7-10-20-42(41)51-50(52-45)32-23-25-34(26-24-32)54-47-38(39-29-30-40-36-18-9-12-22-44(36)55-49(40)48(39)54)28-27-37-35-17-8-11-21-43(35)53(46(37)47)33-15-5-2-6-16-33/h1-30H. The zero-order chi connectivity index (χ0) is 36.0. The Morgan fingerprint density at radius 3 is 1.75 bits per heavy atom. The fourth-order valence-corrected chi connectivity index (χ4v) is 8.69. The van der Waals surface area contributed by atoms with Crippen molar-refractivity contribution in [3.05, 3.63) is 182 Å². The third kappa shape index (κ3) is 4.35. The normalized spacial score (nSPS) is 12.0. The van der Waals surface area contributed by atoms with E-state index in [-0.39, 0.29) is 0 Å². The summed E-state index contributed by atoms with van der Waals surface area (Å²) in [5, 5.41) is 7.96. The summed E-state index contributed by atoms with van der Waals surface area (Å²) in [7, 11) is 0. The number of nitrogens with zero attached hydrogens (tertiary/aromatic N) is 4. The summed E-state index contributed by atoms with van der Waals surface area (Å²) in [6.07, 6.45) is 0. The first kappa shape index (κ1) is 30.0. The number of rotatable bonds is 4. The van der Waals surface area contributed by atoms with Crippen molar-refractivity contribution < 1.29 is 4.42 Å². The highest BCUT2D eigenvalue weighted by Gasteiger charge is 2.24. The average Bonchev–Trinajstić information content (AvgIpc) is 3.92. The van der Waals surface area contributed by atoms with Crippen LogP contribution in [0.2, 0.25) is 0 Å². The van der Waals surface area contributed by atoms with Gasteiger partial charge in [-0.2, -0.15) is 0 Å². The van der Waals surface area contributed by atoms with Crippen LogP contribution in [0.4, 0.5) is 0 Å². The van der Waals surface area contributed by atoms with Gasteiger partial charge in [0.25, 0.3) is 0 Å². The lowest BCUT2D eigenvalue weighted by atomic mass is 10.1. The van der Waals surface area contributed by atoms with Gasteiger partial charge in [0.2, 0.25) is 0 Å². The zero-order valence-electron chi connectivity index (χ0n) is 29.5. The molecule has 0 radical (unpaired) electrons. The van der Waals surface area contributed by atoms with Crippen molar-refractivity contribution in [1.82, 2.24) is 19.1 Å². The van der Waals surface area contributed by atoms with E-state index >= 15 is 0 Å². The highest BCUT2D eigenvalue weighted by molar-refractivity contribution is 6.27. The molecule has 0 saturated heterocycles. The van der Waals surface area contributed by atoms with Gasteiger partial charge in [-0.3, -0.25) is 0 Å². The lowest BCUT2D eigenvalue weighted by Crippen LogP contribution is -1.99. The smallest absolute Gasteiger partial charge is 0.160 e. The Hall–Kier alpha value is -7.50. The minimum atomic E-state index is 0.692. The molecule has 0 fully saturated rings. The fourth-order valence-electron chi connectivity index (χ4n) is 8.69. The Balaban J connectivity index is 1.18. The second-order valence-corrected chi connectivity index (χ2v) is 14.1. The molecule has 0 N–H and O–H groups in total. The molecule has 0 spiro atoms. The van der Waals surface area contributed by atoms with Crippen molar-refractivity contribution in [2.75, 3.05) is 0 Å². The van der Waals surface area contributed by atoms with Crippen LogP contribution in [-0.2, 0) is 0 Å². The van der Waals surface area contributed by atoms with Crippen LogP contribution < -0.4 is 0 Å². The second-order valence-electron chi connectivity index (χ2n) is 14.1. The molecule has 5 heteroatoms. The number of furan rings is 1. The third-order valence-electron chi connectivity index (χ3n) is 11.1. The van der Waals surface area contributed by atoms with Gasteiger partial charge in [-0.25, -0.2) is 9.97 Å². The van der Waals surface area contributed by atoms with Crippen LogP contribution >= 0.6 is 0 Å². The summed E-state index contributed by atoms with van der Waals surface area (Å²) >= 11 is 0. The minimum absolute atomic E-state index is 0.692. The Morgan fingerprint density at radius 1 is 0.364 bits per heavy atom. The zero-order valence-corrected chi connectivity index (χ0v) is 29.5. The van der Waals surface area contributed by atoms with Gasteiger partial charge in [-0.05, 0) is 60.7 Å². The van der Waals surface area contributed by atoms with Crippen LogP contribution in [-0.4, -0.2) is 19.1 Å². The summed E-state index contributed by atoms with van der Waals surface area (Å²) in [6, 6.07) is 64.1. The predicted octanol–water partition coefficient (Wildman–Crippen LogP) is 13.1. The first-order valence-electron chi connectivity index (χ1n) is 18.6. The summed E-state index contributed by atoms with van der Waals surface area (Å²) in [4.78, 5) is 10.2. The maximum Gasteiger partial charge on any atom is 0.160 e. The van der Waals surface area contributed by atoms with Crippen LogP contribution in [0.3, 0.4) is 0 Å². The maximum atomic E-state index is 6.78. The van der Waals surface area contributed by atoms with E-state index in [1.54, 1.807) is 0 Å². The molecular weight excluding hydrogens is 673 g/mol. The molecule has 0 unspecified atom stereocenters. The highest BCUT2D eigenvalue weighted by Crippen LogP contribution is 2.45. The second kappa shape index (κ2) is 11.5. The van der Waals surface area contributed by atoms with Gasteiger partial charge >= 0.3 is 0 Å². The number of benzene rings is 8. The number of fused-ring (bicyclic) bond motifs is 12. The van der Waals surface area contributed by atoms with E-state index in [0.29, 0.717) is 5.82 Å². The molecule has 5 nitrogen and oxygen atoms in total. The van der Waals surface area contributed by atoms with E-state index in [1.807, 2.05) is 24.3 Å². The highest BCUT2D eigenvalue weighted by atomic mass is 16.3. The number of para-hydroxylation sites is 4. The SMILES string of the molecule is c1ccc(-c2nc(-c3ccc(-n4c5c(ccc6c7ccccc7oc65)c5ccc6c7ccccc7n(-c7ccccc7)c6c54)cc3)nc3ccccc23)cc1. The van der Waals surface area contributed by atoms with Gasteiger partial charge in [0.15, 0.2) is 11.4 Å². The summed E-state index contributed by atoms with van der Waals surface area (Å²) < 4.78 is 11.6. The molecule has 0 saturated carbocycles. The molecule has 0 aliphatic carbocycles.